The van der Waals surface area contributed by atoms with Gasteiger partial charge in [0.05, 0.1) is 12.5 Å². The molecule has 1 aromatic carbocycles. The molecule has 1 aliphatic rings. The van der Waals surface area contributed by atoms with Gasteiger partial charge in [-0.25, -0.2) is 0 Å². The van der Waals surface area contributed by atoms with Gasteiger partial charge < -0.3 is 10.1 Å². The number of aromatic nitrogens is 4. The van der Waals surface area contributed by atoms with E-state index in [4.69, 9.17) is 4.74 Å². The van der Waals surface area contributed by atoms with Gasteiger partial charge in [-0.2, -0.15) is 5.21 Å². The van der Waals surface area contributed by atoms with Crippen LogP contribution in [0.15, 0.2) is 24.3 Å². The predicted molar refractivity (Wildman–Crippen MR) is 65.2 cm³/mol. The summed E-state index contributed by atoms with van der Waals surface area (Å²) in [5.74, 6) is 1.09. The smallest absolute Gasteiger partial charge is 0.227 e. The van der Waals surface area contributed by atoms with E-state index in [1.807, 2.05) is 24.3 Å². The molecule has 7 heteroatoms. The summed E-state index contributed by atoms with van der Waals surface area (Å²) < 4.78 is 5.58. The summed E-state index contributed by atoms with van der Waals surface area (Å²) in [7, 11) is 0. The first-order chi connectivity index (χ1) is 9.33. The molecule has 0 spiro atoms. The largest absolute Gasteiger partial charge is 0.492 e. The maximum atomic E-state index is 12.0. The molecule has 1 aromatic heterocycles. The van der Waals surface area contributed by atoms with Gasteiger partial charge in [-0.05, 0) is 18.1 Å². The van der Waals surface area contributed by atoms with Crippen LogP contribution in [0.4, 0.5) is 0 Å². The van der Waals surface area contributed by atoms with Crippen molar-refractivity contribution in [3.8, 4) is 5.75 Å². The van der Waals surface area contributed by atoms with Crippen molar-refractivity contribution in [2.45, 2.75) is 13.0 Å². The van der Waals surface area contributed by atoms with E-state index in [0.29, 0.717) is 18.9 Å². The molecule has 2 aromatic rings. The average molecular weight is 259 g/mol. The molecule has 0 saturated heterocycles. The highest BCUT2D eigenvalue weighted by Crippen LogP contribution is 2.26. The minimum absolute atomic E-state index is 0.0562. The Balaban J connectivity index is 1.60. The Morgan fingerprint density at radius 1 is 1.47 bits per heavy atom. The zero-order valence-corrected chi connectivity index (χ0v) is 10.2. The van der Waals surface area contributed by atoms with Gasteiger partial charge in [0.25, 0.3) is 0 Å². The highest BCUT2D eigenvalue weighted by molar-refractivity contribution is 5.79. The van der Waals surface area contributed by atoms with Gasteiger partial charge in [0, 0.05) is 0 Å². The first-order valence-corrected chi connectivity index (χ1v) is 6.03. The second kappa shape index (κ2) is 5.05. The molecule has 1 amide bonds. The van der Waals surface area contributed by atoms with Crippen LogP contribution in [0.3, 0.4) is 0 Å². The number of carbonyl (C=O) groups excluding carboxylic acids is 1. The monoisotopic (exact) mass is 259 g/mol. The number of para-hydroxylation sites is 1. The van der Waals surface area contributed by atoms with Crippen LogP contribution in [-0.4, -0.2) is 33.1 Å². The first kappa shape index (κ1) is 11.6. The third-order valence-electron chi connectivity index (χ3n) is 3.06. The predicted octanol–water partition coefficient (Wildman–Crippen LogP) is 0.0672. The molecule has 0 radical (unpaired) electrons. The summed E-state index contributed by atoms with van der Waals surface area (Å²) in [5, 5.41) is 16.1. The normalized spacial score (nSPS) is 17.4. The van der Waals surface area contributed by atoms with Crippen molar-refractivity contribution in [3.63, 3.8) is 0 Å². The molecule has 3 rings (SSSR count). The molecule has 0 aliphatic carbocycles. The molecule has 0 bridgehead atoms. The molecule has 1 unspecified atom stereocenters. The number of ether oxygens (including phenoxy) is 1. The molecule has 98 valence electrons. The van der Waals surface area contributed by atoms with Gasteiger partial charge in [0.2, 0.25) is 5.91 Å². The third-order valence-corrected chi connectivity index (χ3v) is 3.06. The zero-order valence-electron chi connectivity index (χ0n) is 10.2. The lowest BCUT2D eigenvalue weighted by atomic mass is 9.96. The van der Waals surface area contributed by atoms with Crippen molar-refractivity contribution >= 4 is 5.91 Å². The van der Waals surface area contributed by atoms with Crippen molar-refractivity contribution < 1.29 is 9.53 Å². The minimum Gasteiger partial charge on any atom is -0.492 e. The fourth-order valence-corrected chi connectivity index (χ4v) is 2.06. The summed E-state index contributed by atoms with van der Waals surface area (Å²) in [5.41, 5.74) is 1.06. The number of hydrogen-bond acceptors (Lipinski definition) is 5. The van der Waals surface area contributed by atoms with Gasteiger partial charge in [0.1, 0.15) is 12.4 Å². The van der Waals surface area contributed by atoms with E-state index >= 15 is 0 Å². The Kier molecular flexibility index (Phi) is 3.09. The lowest BCUT2D eigenvalue weighted by Crippen LogP contribution is -2.37. The van der Waals surface area contributed by atoms with Crippen molar-refractivity contribution in [1.82, 2.24) is 25.9 Å². The van der Waals surface area contributed by atoms with Crippen molar-refractivity contribution in [2.75, 3.05) is 6.61 Å². The van der Waals surface area contributed by atoms with Gasteiger partial charge >= 0.3 is 0 Å². The van der Waals surface area contributed by atoms with E-state index in [9.17, 15) is 4.79 Å². The number of H-pyrrole nitrogens is 1. The Hall–Kier alpha value is -2.44. The summed E-state index contributed by atoms with van der Waals surface area (Å²) in [4.78, 5) is 12.0. The van der Waals surface area contributed by atoms with Crippen molar-refractivity contribution in [3.05, 3.63) is 35.7 Å². The molecule has 2 heterocycles. The van der Waals surface area contributed by atoms with E-state index < -0.39 is 0 Å². The number of aromatic amines is 1. The van der Waals surface area contributed by atoms with Crippen molar-refractivity contribution in [2.24, 2.45) is 5.92 Å². The SMILES string of the molecule is O=C(NCc1nn[nH]n1)C1COc2ccccc2C1. The summed E-state index contributed by atoms with van der Waals surface area (Å²) in [6, 6.07) is 7.77. The number of nitrogens with zero attached hydrogens (tertiary/aromatic N) is 3. The maximum absolute atomic E-state index is 12.0. The first-order valence-electron chi connectivity index (χ1n) is 6.03. The van der Waals surface area contributed by atoms with Crippen molar-refractivity contribution in [1.29, 1.82) is 0 Å². The minimum atomic E-state index is -0.179. The van der Waals surface area contributed by atoms with Gasteiger partial charge in [0.15, 0.2) is 5.82 Å². The molecular formula is C12H13N5O2. The summed E-state index contributed by atoms with van der Waals surface area (Å²) in [6.45, 7) is 0.669. The van der Waals surface area contributed by atoms with Gasteiger partial charge in [-0.1, -0.05) is 23.4 Å². The highest BCUT2D eigenvalue weighted by atomic mass is 16.5. The number of carbonyl (C=O) groups is 1. The Morgan fingerprint density at radius 2 is 2.37 bits per heavy atom. The third kappa shape index (κ3) is 2.54. The number of tetrazole rings is 1. The standard InChI is InChI=1S/C12H13N5O2/c18-12(13-6-11-14-16-17-15-11)9-5-8-3-1-2-4-10(8)19-7-9/h1-4,9H,5-7H2,(H,13,18)(H,14,15,16,17). The fraction of sp³-hybridized carbons (Fsp3) is 0.333. The highest BCUT2D eigenvalue weighted by Gasteiger charge is 2.25. The maximum Gasteiger partial charge on any atom is 0.227 e. The number of hydrogen-bond donors (Lipinski definition) is 2. The molecule has 2 N–H and O–H groups in total. The van der Waals surface area contributed by atoms with E-state index in [-0.39, 0.29) is 18.4 Å². The number of fused-ring (bicyclic) bond motifs is 1. The molecule has 0 fully saturated rings. The van der Waals surface area contributed by atoms with E-state index in [1.165, 1.54) is 0 Å². The lowest BCUT2D eigenvalue weighted by Gasteiger charge is -2.24. The number of amides is 1. The molecular weight excluding hydrogens is 246 g/mol. The van der Waals surface area contributed by atoms with Crippen LogP contribution in [-0.2, 0) is 17.8 Å². The fourth-order valence-electron chi connectivity index (χ4n) is 2.06. The van der Waals surface area contributed by atoms with Crippen LogP contribution in [0.25, 0.3) is 0 Å². The summed E-state index contributed by atoms with van der Waals surface area (Å²) in [6.07, 6.45) is 0.689. The Labute approximate surface area is 109 Å². The van der Waals surface area contributed by atoms with Gasteiger partial charge in [-0.3, -0.25) is 4.79 Å². The topological polar surface area (TPSA) is 92.8 Å². The van der Waals surface area contributed by atoms with Crippen LogP contribution in [0.2, 0.25) is 0 Å². The van der Waals surface area contributed by atoms with Crippen LogP contribution in [0, 0.1) is 5.92 Å². The second-order valence-electron chi connectivity index (χ2n) is 4.37. The molecule has 1 aliphatic heterocycles. The van der Waals surface area contributed by atoms with Crippen LogP contribution in [0.1, 0.15) is 11.4 Å². The van der Waals surface area contributed by atoms with Crippen LogP contribution in [0.5, 0.6) is 5.75 Å². The Morgan fingerprint density at radius 3 is 3.21 bits per heavy atom. The van der Waals surface area contributed by atoms with Crippen LogP contribution < -0.4 is 10.1 Å². The quantitative estimate of drug-likeness (QED) is 0.813. The van der Waals surface area contributed by atoms with Crippen LogP contribution >= 0.6 is 0 Å². The molecule has 0 saturated carbocycles. The number of benzene rings is 1. The Bertz CT molecular complexity index is 569. The second-order valence-corrected chi connectivity index (χ2v) is 4.37. The molecule has 19 heavy (non-hydrogen) atoms. The number of rotatable bonds is 3. The van der Waals surface area contributed by atoms with E-state index in [0.717, 1.165) is 11.3 Å². The molecule has 7 nitrogen and oxygen atoms in total. The van der Waals surface area contributed by atoms with E-state index in [1.54, 1.807) is 0 Å². The van der Waals surface area contributed by atoms with Gasteiger partial charge in [-0.15, -0.1) is 10.2 Å². The molecule has 1 atom stereocenters. The average Bonchev–Trinajstić information content (AvgIpc) is 2.97. The lowest BCUT2D eigenvalue weighted by molar-refractivity contribution is -0.126. The number of nitrogens with one attached hydrogen (secondary N) is 2. The van der Waals surface area contributed by atoms with E-state index in [2.05, 4.69) is 25.9 Å². The summed E-state index contributed by atoms with van der Waals surface area (Å²) >= 11 is 0. The zero-order chi connectivity index (χ0) is 13.1.